The van der Waals surface area contributed by atoms with Crippen molar-refractivity contribution in [3.63, 3.8) is 0 Å². The lowest BCUT2D eigenvalue weighted by molar-refractivity contribution is 0.0132. The molecule has 0 bridgehead atoms. The number of morpholine rings is 1. The number of hydrogen-bond acceptors (Lipinski definition) is 4. The van der Waals surface area contributed by atoms with Crippen LogP contribution in [0.2, 0.25) is 0 Å². The minimum absolute atomic E-state index is 0.525. The van der Waals surface area contributed by atoms with Gasteiger partial charge in [0.15, 0.2) is 5.96 Å². The van der Waals surface area contributed by atoms with Crippen LogP contribution in [-0.2, 0) is 11.3 Å². The molecule has 1 atom stereocenters. The van der Waals surface area contributed by atoms with Crippen LogP contribution >= 0.6 is 11.3 Å². The molecule has 1 fully saturated rings. The highest BCUT2D eigenvalue weighted by Gasteiger charge is 2.22. The zero-order chi connectivity index (χ0) is 18.1. The highest BCUT2D eigenvalue weighted by atomic mass is 32.1. The van der Waals surface area contributed by atoms with Crippen molar-refractivity contribution in [1.29, 1.82) is 0 Å². The molecule has 0 amide bonds. The molecule has 1 aromatic rings. The van der Waals surface area contributed by atoms with Gasteiger partial charge in [0.05, 0.1) is 19.8 Å². The van der Waals surface area contributed by atoms with Gasteiger partial charge in [-0.3, -0.25) is 4.90 Å². The van der Waals surface area contributed by atoms with E-state index in [4.69, 9.17) is 9.73 Å². The SMILES string of the molecule is CCNC(=NCc1ccc(C)s1)NCC(CC(C)C)N1CCOCC1. The lowest BCUT2D eigenvalue weighted by atomic mass is 10.0. The van der Waals surface area contributed by atoms with E-state index in [9.17, 15) is 0 Å². The van der Waals surface area contributed by atoms with E-state index in [-0.39, 0.29) is 0 Å². The molecule has 0 radical (unpaired) electrons. The van der Waals surface area contributed by atoms with Crippen LogP contribution in [0.15, 0.2) is 17.1 Å². The van der Waals surface area contributed by atoms with E-state index >= 15 is 0 Å². The van der Waals surface area contributed by atoms with E-state index in [0.717, 1.165) is 51.9 Å². The van der Waals surface area contributed by atoms with Crippen molar-refractivity contribution in [1.82, 2.24) is 15.5 Å². The number of nitrogens with one attached hydrogen (secondary N) is 2. The highest BCUT2D eigenvalue weighted by molar-refractivity contribution is 7.11. The summed E-state index contributed by atoms with van der Waals surface area (Å²) in [5.74, 6) is 1.60. The molecule has 6 heteroatoms. The summed E-state index contributed by atoms with van der Waals surface area (Å²) in [7, 11) is 0. The molecule has 1 saturated heterocycles. The molecule has 1 aliphatic rings. The molecule has 2 heterocycles. The van der Waals surface area contributed by atoms with Gasteiger partial charge in [0.25, 0.3) is 0 Å². The number of aliphatic imine (C=N–C) groups is 1. The first kappa shape index (κ1) is 20.2. The Labute approximate surface area is 156 Å². The van der Waals surface area contributed by atoms with Crippen molar-refractivity contribution >= 4 is 17.3 Å². The van der Waals surface area contributed by atoms with Crippen molar-refractivity contribution in [2.45, 2.75) is 46.7 Å². The third-order valence-corrected chi connectivity index (χ3v) is 5.33. The standard InChI is InChI=1S/C19H34N4OS/c1-5-20-19(22-14-18-7-6-16(4)25-18)21-13-17(12-15(2)3)23-8-10-24-11-9-23/h6-7,15,17H,5,8-14H2,1-4H3,(H2,20,21,22). The molecule has 5 nitrogen and oxygen atoms in total. The number of ether oxygens (including phenoxy) is 1. The Morgan fingerprint density at radius 2 is 2.04 bits per heavy atom. The number of nitrogens with zero attached hydrogens (tertiary/aromatic N) is 2. The molecule has 0 aliphatic carbocycles. The lowest BCUT2D eigenvalue weighted by Crippen LogP contribution is -2.51. The molecule has 142 valence electrons. The molecule has 0 spiro atoms. The molecule has 25 heavy (non-hydrogen) atoms. The smallest absolute Gasteiger partial charge is 0.191 e. The summed E-state index contributed by atoms with van der Waals surface area (Å²) in [5.41, 5.74) is 0. The maximum atomic E-state index is 5.51. The molecule has 0 aromatic carbocycles. The molecule has 1 aliphatic heterocycles. The number of rotatable bonds is 8. The zero-order valence-corrected chi connectivity index (χ0v) is 17.0. The Hall–Kier alpha value is -1.11. The first-order chi connectivity index (χ1) is 12.1. The lowest BCUT2D eigenvalue weighted by Gasteiger charge is -2.35. The van der Waals surface area contributed by atoms with Crippen LogP contribution in [0.3, 0.4) is 0 Å². The first-order valence-corrected chi connectivity index (χ1v) is 10.3. The van der Waals surface area contributed by atoms with Gasteiger partial charge in [-0.1, -0.05) is 13.8 Å². The molecular formula is C19H34N4OS. The number of aryl methyl sites for hydroxylation is 1. The van der Waals surface area contributed by atoms with Gasteiger partial charge in [-0.05, 0) is 38.3 Å². The van der Waals surface area contributed by atoms with E-state index in [2.05, 4.69) is 55.4 Å². The fraction of sp³-hybridized carbons (Fsp3) is 0.737. The van der Waals surface area contributed by atoms with Crippen LogP contribution in [0.4, 0.5) is 0 Å². The minimum atomic E-state index is 0.525. The van der Waals surface area contributed by atoms with E-state index < -0.39 is 0 Å². The summed E-state index contributed by atoms with van der Waals surface area (Å²) in [6.07, 6.45) is 1.19. The summed E-state index contributed by atoms with van der Waals surface area (Å²) < 4.78 is 5.51. The summed E-state index contributed by atoms with van der Waals surface area (Å²) in [5, 5.41) is 6.93. The molecular weight excluding hydrogens is 332 g/mol. The van der Waals surface area contributed by atoms with Gasteiger partial charge in [0.2, 0.25) is 0 Å². The van der Waals surface area contributed by atoms with E-state index in [1.165, 1.54) is 16.2 Å². The largest absolute Gasteiger partial charge is 0.379 e. The average molecular weight is 367 g/mol. The molecule has 1 unspecified atom stereocenters. The zero-order valence-electron chi connectivity index (χ0n) is 16.2. The Morgan fingerprint density at radius 3 is 2.64 bits per heavy atom. The van der Waals surface area contributed by atoms with E-state index in [1.807, 2.05) is 11.3 Å². The van der Waals surface area contributed by atoms with E-state index in [1.54, 1.807) is 0 Å². The van der Waals surface area contributed by atoms with Gasteiger partial charge in [0.1, 0.15) is 0 Å². The number of thiophene rings is 1. The van der Waals surface area contributed by atoms with Crippen LogP contribution in [0, 0.1) is 12.8 Å². The van der Waals surface area contributed by atoms with Crippen molar-refractivity contribution in [2.24, 2.45) is 10.9 Å². The van der Waals surface area contributed by atoms with Crippen molar-refractivity contribution in [2.75, 3.05) is 39.4 Å². The van der Waals surface area contributed by atoms with Gasteiger partial charge < -0.3 is 15.4 Å². The Kier molecular flexibility index (Phi) is 8.72. The van der Waals surface area contributed by atoms with Gasteiger partial charge in [-0.15, -0.1) is 11.3 Å². The van der Waals surface area contributed by atoms with Gasteiger partial charge >= 0.3 is 0 Å². The quantitative estimate of drug-likeness (QED) is 0.549. The summed E-state index contributed by atoms with van der Waals surface area (Å²) in [6, 6.07) is 4.85. The van der Waals surface area contributed by atoms with Crippen LogP contribution in [-0.4, -0.2) is 56.3 Å². The number of hydrogen-bond donors (Lipinski definition) is 2. The van der Waals surface area contributed by atoms with Crippen LogP contribution < -0.4 is 10.6 Å². The Morgan fingerprint density at radius 1 is 1.28 bits per heavy atom. The summed E-state index contributed by atoms with van der Waals surface area (Å²) in [4.78, 5) is 9.96. The van der Waals surface area contributed by atoms with Crippen LogP contribution in [0.5, 0.6) is 0 Å². The fourth-order valence-electron chi connectivity index (χ4n) is 3.13. The predicted octanol–water partition coefficient (Wildman–Crippen LogP) is 2.86. The normalized spacial score (nSPS) is 17.7. The van der Waals surface area contributed by atoms with Gasteiger partial charge in [-0.25, -0.2) is 4.99 Å². The van der Waals surface area contributed by atoms with Crippen LogP contribution in [0.1, 0.15) is 36.9 Å². The van der Waals surface area contributed by atoms with Crippen LogP contribution in [0.25, 0.3) is 0 Å². The molecule has 2 rings (SSSR count). The minimum Gasteiger partial charge on any atom is -0.379 e. The highest BCUT2D eigenvalue weighted by Crippen LogP contribution is 2.16. The second-order valence-corrected chi connectivity index (χ2v) is 8.39. The topological polar surface area (TPSA) is 48.9 Å². The molecule has 0 saturated carbocycles. The second kappa shape index (κ2) is 10.8. The van der Waals surface area contributed by atoms with E-state index in [0.29, 0.717) is 12.0 Å². The Balaban J connectivity index is 1.93. The fourth-order valence-corrected chi connectivity index (χ4v) is 3.95. The third-order valence-electron chi connectivity index (χ3n) is 4.34. The monoisotopic (exact) mass is 366 g/mol. The number of guanidine groups is 1. The van der Waals surface area contributed by atoms with Gasteiger partial charge in [0, 0.05) is 42.0 Å². The maximum absolute atomic E-state index is 5.51. The van der Waals surface area contributed by atoms with Gasteiger partial charge in [-0.2, -0.15) is 0 Å². The van der Waals surface area contributed by atoms with Crippen molar-refractivity contribution in [3.8, 4) is 0 Å². The third kappa shape index (κ3) is 7.34. The molecule has 2 N–H and O–H groups in total. The average Bonchev–Trinajstić information content (AvgIpc) is 3.02. The maximum Gasteiger partial charge on any atom is 0.191 e. The summed E-state index contributed by atoms with van der Waals surface area (Å²) >= 11 is 1.82. The Bertz CT molecular complexity index is 523. The molecule has 1 aromatic heterocycles. The summed E-state index contributed by atoms with van der Waals surface area (Å²) in [6.45, 7) is 15.1. The van der Waals surface area contributed by atoms with Crippen molar-refractivity contribution in [3.05, 3.63) is 21.9 Å². The van der Waals surface area contributed by atoms with Crippen molar-refractivity contribution < 1.29 is 4.74 Å². The second-order valence-electron chi connectivity index (χ2n) is 7.02. The predicted molar refractivity (Wildman–Crippen MR) is 108 cm³/mol. The first-order valence-electron chi connectivity index (χ1n) is 9.47.